The number of carbonyl (C=O) groups excluding carboxylic acids is 1. The van der Waals surface area contributed by atoms with Crippen LogP contribution >= 0.6 is 35.6 Å². The smallest absolute Gasteiger partial charge is 0.224 e. The van der Waals surface area contributed by atoms with Crippen molar-refractivity contribution in [2.75, 3.05) is 13.1 Å². The average molecular weight is 324 g/mol. The van der Waals surface area contributed by atoms with E-state index in [2.05, 4.69) is 10.6 Å². The monoisotopic (exact) mass is 322 g/mol. The summed E-state index contributed by atoms with van der Waals surface area (Å²) >= 11 is 12.1. The van der Waals surface area contributed by atoms with Crippen molar-refractivity contribution in [2.24, 2.45) is 0 Å². The number of piperidine rings is 1. The van der Waals surface area contributed by atoms with Crippen LogP contribution in [-0.2, 0) is 11.2 Å². The normalized spacial score (nSPS) is 18.5. The fourth-order valence-electron chi connectivity index (χ4n) is 2.12. The van der Waals surface area contributed by atoms with Gasteiger partial charge >= 0.3 is 0 Å². The minimum Gasteiger partial charge on any atom is -0.352 e. The molecule has 0 spiro atoms. The summed E-state index contributed by atoms with van der Waals surface area (Å²) in [6.45, 7) is 1.87. The van der Waals surface area contributed by atoms with Gasteiger partial charge in [0.1, 0.15) is 0 Å². The molecular formula is C13H17Cl3N2O. The molecule has 3 nitrogen and oxygen atoms in total. The van der Waals surface area contributed by atoms with E-state index < -0.39 is 0 Å². The van der Waals surface area contributed by atoms with Crippen molar-refractivity contribution in [3.63, 3.8) is 0 Å². The van der Waals surface area contributed by atoms with Gasteiger partial charge in [0.25, 0.3) is 0 Å². The number of nitrogens with one attached hydrogen (secondary N) is 2. The number of benzene rings is 1. The zero-order valence-corrected chi connectivity index (χ0v) is 12.7. The van der Waals surface area contributed by atoms with E-state index in [1.54, 1.807) is 18.2 Å². The minimum atomic E-state index is -0.0290. The van der Waals surface area contributed by atoms with Gasteiger partial charge in [0.05, 0.1) is 6.42 Å². The van der Waals surface area contributed by atoms with Crippen LogP contribution in [0.5, 0.6) is 0 Å². The molecule has 0 saturated carbocycles. The first-order valence-corrected chi connectivity index (χ1v) is 6.85. The quantitative estimate of drug-likeness (QED) is 0.898. The Morgan fingerprint density at radius 3 is 2.63 bits per heavy atom. The van der Waals surface area contributed by atoms with Crippen molar-refractivity contribution in [1.29, 1.82) is 0 Å². The molecule has 106 valence electrons. The third-order valence-electron chi connectivity index (χ3n) is 3.06. The highest BCUT2D eigenvalue weighted by atomic mass is 35.5. The number of amides is 1. The molecule has 2 N–H and O–H groups in total. The summed E-state index contributed by atoms with van der Waals surface area (Å²) in [6, 6.07) is 5.49. The molecule has 1 heterocycles. The van der Waals surface area contributed by atoms with E-state index in [1.165, 1.54) is 0 Å². The maximum atomic E-state index is 11.9. The Kier molecular flexibility index (Phi) is 6.94. The van der Waals surface area contributed by atoms with Gasteiger partial charge in [-0.2, -0.15) is 0 Å². The van der Waals surface area contributed by atoms with Gasteiger partial charge in [0.15, 0.2) is 0 Å². The van der Waals surface area contributed by atoms with Crippen LogP contribution in [0.3, 0.4) is 0 Å². The molecule has 1 amide bonds. The minimum absolute atomic E-state index is 0. The van der Waals surface area contributed by atoms with Crippen LogP contribution in [-0.4, -0.2) is 25.0 Å². The van der Waals surface area contributed by atoms with Gasteiger partial charge in [-0.1, -0.05) is 29.3 Å². The van der Waals surface area contributed by atoms with Gasteiger partial charge in [-0.3, -0.25) is 4.79 Å². The van der Waals surface area contributed by atoms with Gasteiger partial charge in [0.2, 0.25) is 5.91 Å². The first-order chi connectivity index (χ1) is 8.66. The van der Waals surface area contributed by atoms with E-state index in [0.717, 1.165) is 25.9 Å². The molecule has 2 rings (SSSR count). The second-order valence-corrected chi connectivity index (χ2v) is 5.30. The summed E-state index contributed by atoms with van der Waals surface area (Å²) in [6.07, 6.45) is 2.35. The molecule has 6 heteroatoms. The van der Waals surface area contributed by atoms with Gasteiger partial charge < -0.3 is 10.6 Å². The molecule has 0 radical (unpaired) electrons. The molecule has 0 aromatic heterocycles. The standard InChI is InChI=1S/C13H16Cl2N2O.ClH/c14-11-4-1-5-12(15)10(11)7-13(18)17-9-3-2-6-16-8-9;/h1,4-5,9,16H,2-3,6-8H2,(H,17,18);1H/t9-;/m0./s1. The summed E-state index contributed by atoms with van der Waals surface area (Å²) in [7, 11) is 0. The van der Waals surface area contributed by atoms with Crippen molar-refractivity contribution in [2.45, 2.75) is 25.3 Å². The molecule has 1 aromatic rings. The van der Waals surface area contributed by atoms with E-state index >= 15 is 0 Å². The Balaban J connectivity index is 0.00000180. The summed E-state index contributed by atoms with van der Waals surface area (Å²) in [5.74, 6) is -0.0290. The van der Waals surface area contributed by atoms with Crippen molar-refractivity contribution in [1.82, 2.24) is 10.6 Å². The number of rotatable bonds is 3. The van der Waals surface area contributed by atoms with Crippen LogP contribution in [0.2, 0.25) is 10.0 Å². The molecule has 1 fully saturated rings. The van der Waals surface area contributed by atoms with E-state index in [9.17, 15) is 4.79 Å². The number of hydrogen-bond acceptors (Lipinski definition) is 2. The van der Waals surface area contributed by atoms with E-state index in [-0.39, 0.29) is 30.8 Å². The zero-order chi connectivity index (χ0) is 13.0. The molecule has 0 bridgehead atoms. The highest BCUT2D eigenvalue weighted by Crippen LogP contribution is 2.24. The number of carbonyl (C=O) groups is 1. The first-order valence-electron chi connectivity index (χ1n) is 6.10. The predicted molar refractivity (Wildman–Crippen MR) is 81.4 cm³/mol. The largest absolute Gasteiger partial charge is 0.352 e. The summed E-state index contributed by atoms with van der Waals surface area (Å²) in [5.41, 5.74) is 0.696. The lowest BCUT2D eigenvalue weighted by Crippen LogP contribution is -2.46. The van der Waals surface area contributed by atoms with Crippen LogP contribution in [0.4, 0.5) is 0 Å². The molecule has 1 aliphatic heterocycles. The zero-order valence-electron chi connectivity index (χ0n) is 10.4. The fraction of sp³-hybridized carbons (Fsp3) is 0.462. The highest BCUT2D eigenvalue weighted by Gasteiger charge is 2.17. The Hall–Kier alpha value is -0.480. The van der Waals surface area contributed by atoms with Crippen molar-refractivity contribution in [3.05, 3.63) is 33.8 Å². The SMILES string of the molecule is Cl.O=C(Cc1c(Cl)cccc1Cl)N[C@H]1CCCNC1. The molecule has 1 atom stereocenters. The molecular weight excluding hydrogens is 307 g/mol. The summed E-state index contributed by atoms with van der Waals surface area (Å²) in [5, 5.41) is 7.35. The van der Waals surface area contributed by atoms with Gasteiger partial charge in [-0.25, -0.2) is 0 Å². The lowest BCUT2D eigenvalue weighted by atomic mass is 10.1. The Morgan fingerprint density at radius 1 is 1.37 bits per heavy atom. The maximum absolute atomic E-state index is 11.9. The van der Waals surface area contributed by atoms with Crippen LogP contribution in [0.1, 0.15) is 18.4 Å². The molecule has 0 unspecified atom stereocenters. The third kappa shape index (κ3) is 4.84. The lowest BCUT2D eigenvalue weighted by molar-refractivity contribution is -0.121. The first kappa shape index (κ1) is 16.6. The van der Waals surface area contributed by atoms with Crippen LogP contribution in [0.25, 0.3) is 0 Å². The van der Waals surface area contributed by atoms with Crippen LogP contribution in [0.15, 0.2) is 18.2 Å². The fourth-order valence-corrected chi connectivity index (χ4v) is 2.65. The number of halogens is 3. The summed E-state index contributed by atoms with van der Waals surface area (Å²) < 4.78 is 0. The van der Waals surface area contributed by atoms with E-state index in [0.29, 0.717) is 15.6 Å². The van der Waals surface area contributed by atoms with Crippen LogP contribution < -0.4 is 10.6 Å². The molecule has 0 aliphatic carbocycles. The van der Waals surface area contributed by atoms with Crippen molar-refractivity contribution >= 4 is 41.5 Å². The average Bonchev–Trinajstić information content (AvgIpc) is 2.35. The summed E-state index contributed by atoms with van der Waals surface area (Å²) in [4.78, 5) is 11.9. The Morgan fingerprint density at radius 2 is 2.05 bits per heavy atom. The maximum Gasteiger partial charge on any atom is 0.224 e. The third-order valence-corrected chi connectivity index (χ3v) is 3.77. The second kappa shape index (κ2) is 7.95. The van der Waals surface area contributed by atoms with Crippen molar-refractivity contribution in [3.8, 4) is 0 Å². The van der Waals surface area contributed by atoms with E-state index in [1.807, 2.05) is 0 Å². The van der Waals surface area contributed by atoms with Crippen molar-refractivity contribution < 1.29 is 4.79 Å². The van der Waals surface area contributed by atoms with Gasteiger partial charge in [0, 0.05) is 22.6 Å². The van der Waals surface area contributed by atoms with Crippen LogP contribution in [0, 0.1) is 0 Å². The van der Waals surface area contributed by atoms with E-state index in [4.69, 9.17) is 23.2 Å². The lowest BCUT2D eigenvalue weighted by Gasteiger charge is -2.24. The predicted octanol–water partition coefficient (Wildman–Crippen LogP) is 2.83. The number of hydrogen-bond donors (Lipinski definition) is 2. The molecule has 1 aromatic carbocycles. The Labute approximate surface area is 129 Å². The Bertz CT molecular complexity index is 414. The molecule has 19 heavy (non-hydrogen) atoms. The van der Waals surface area contributed by atoms with Gasteiger partial charge in [-0.05, 0) is 37.1 Å². The van der Waals surface area contributed by atoms with Gasteiger partial charge in [-0.15, -0.1) is 12.4 Å². The molecule has 1 aliphatic rings. The topological polar surface area (TPSA) is 41.1 Å². The highest BCUT2D eigenvalue weighted by molar-refractivity contribution is 6.36. The molecule has 1 saturated heterocycles. The second-order valence-electron chi connectivity index (χ2n) is 4.49.